The lowest BCUT2D eigenvalue weighted by molar-refractivity contribution is -0.141. The summed E-state index contributed by atoms with van der Waals surface area (Å²) in [5.41, 5.74) is 1.56. The van der Waals surface area contributed by atoms with E-state index in [-0.39, 0.29) is 12.6 Å². The molecule has 0 fully saturated rings. The number of allylic oxidation sites excluding steroid dienone is 1. The highest BCUT2D eigenvalue weighted by Crippen LogP contribution is 2.29. The molecule has 136 valence electrons. The van der Waals surface area contributed by atoms with Crippen LogP contribution in [0, 0.1) is 0 Å². The molecule has 1 aromatic carbocycles. The lowest BCUT2D eigenvalue weighted by Crippen LogP contribution is -2.45. The van der Waals surface area contributed by atoms with E-state index in [0.29, 0.717) is 23.6 Å². The summed E-state index contributed by atoms with van der Waals surface area (Å²) in [7, 11) is 0. The molecule has 0 saturated carbocycles. The van der Waals surface area contributed by atoms with Gasteiger partial charge in [-0.15, -0.1) is 0 Å². The third-order valence-corrected chi connectivity index (χ3v) is 3.94. The van der Waals surface area contributed by atoms with Gasteiger partial charge in [-0.2, -0.15) is 0 Å². The Bertz CT molecular complexity index is 809. The zero-order valence-electron chi connectivity index (χ0n) is 14.6. The second kappa shape index (κ2) is 7.77. The van der Waals surface area contributed by atoms with E-state index in [2.05, 4.69) is 10.6 Å². The molecule has 1 aliphatic heterocycles. The molecule has 7 heteroatoms. The minimum Gasteiger partial charge on any atom is -0.494 e. The molecule has 7 nitrogen and oxygen atoms in total. The fraction of sp³-hybridized carbons (Fsp3) is 0.263. The van der Waals surface area contributed by atoms with Crippen LogP contribution in [-0.4, -0.2) is 18.6 Å². The van der Waals surface area contributed by atoms with Crippen molar-refractivity contribution < 1.29 is 23.5 Å². The van der Waals surface area contributed by atoms with Crippen molar-refractivity contribution in [2.75, 3.05) is 6.61 Å². The fourth-order valence-electron chi connectivity index (χ4n) is 2.75. The SMILES string of the molecule is CCOc1ccc([C@H]2NC(=O)NC(C)=C2C(=O)OCc2ccco2)cc1. The number of nitrogens with one attached hydrogen (secondary N) is 2. The highest BCUT2D eigenvalue weighted by molar-refractivity contribution is 5.95. The third-order valence-electron chi connectivity index (χ3n) is 3.94. The number of hydrogen-bond donors (Lipinski definition) is 2. The minimum absolute atomic E-state index is 0.0204. The van der Waals surface area contributed by atoms with Crippen molar-refractivity contribution >= 4 is 12.0 Å². The maximum Gasteiger partial charge on any atom is 0.338 e. The van der Waals surface area contributed by atoms with E-state index in [1.54, 1.807) is 31.2 Å². The molecule has 1 aliphatic rings. The van der Waals surface area contributed by atoms with Gasteiger partial charge in [-0.25, -0.2) is 9.59 Å². The van der Waals surface area contributed by atoms with Crippen LogP contribution in [0.2, 0.25) is 0 Å². The Labute approximate surface area is 151 Å². The van der Waals surface area contributed by atoms with Crippen molar-refractivity contribution in [1.82, 2.24) is 10.6 Å². The van der Waals surface area contributed by atoms with E-state index < -0.39 is 12.0 Å². The average Bonchev–Trinajstić information content (AvgIpc) is 3.13. The first-order chi connectivity index (χ1) is 12.6. The quantitative estimate of drug-likeness (QED) is 0.777. The Kier molecular flexibility index (Phi) is 5.26. The van der Waals surface area contributed by atoms with E-state index in [4.69, 9.17) is 13.9 Å². The number of ether oxygens (including phenoxy) is 2. The normalized spacial score (nSPS) is 16.7. The van der Waals surface area contributed by atoms with E-state index in [1.165, 1.54) is 6.26 Å². The summed E-state index contributed by atoms with van der Waals surface area (Å²) < 4.78 is 15.9. The van der Waals surface area contributed by atoms with Crippen LogP contribution in [0.4, 0.5) is 4.79 Å². The van der Waals surface area contributed by atoms with Gasteiger partial charge >= 0.3 is 12.0 Å². The molecule has 26 heavy (non-hydrogen) atoms. The minimum atomic E-state index is -0.608. The Balaban J connectivity index is 1.82. The predicted octanol–water partition coefficient (Wildman–Crippen LogP) is 3.05. The molecule has 0 bridgehead atoms. The number of hydrogen-bond acceptors (Lipinski definition) is 5. The van der Waals surface area contributed by atoms with Crippen LogP contribution in [0.1, 0.15) is 31.2 Å². The first-order valence-corrected chi connectivity index (χ1v) is 8.29. The van der Waals surface area contributed by atoms with Gasteiger partial charge in [-0.3, -0.25) is 0 Å². The summed E-state index contributed by atoms with van der Waals surface area (Å²) in [4.78, 5) is 24.5. The van der Waals surface area contributed by atoms with E-state index in [1.807, 2.05) is 19.1 Å². The first-order valence-electron chi connectivity index (χ1n) is 8.29. The van der Waals surface area contributed by atoms with Crippen LogP contribution in [0.25, 0.3) is 0 Å². The molecule has 0 aliphatic carbocycles. The van der Waals surface area contributed by atoms with Crippen molar-refractivity contribution in [1.29, 1.82) is 0 Å². The Morgan fingerprint density at radius 3 is 2.65 bits per heavy atom. The molecule has 0 spiro atoms. The van der Waals surface area contributed by atoms with Gasteiger partial charge in [0.25, 0.3) is 0 Å². The molecule has 3 rings (SSSR count). The van der Waals surface area contributed by atoms with Crippen molar-refractivity contribution in [3.05, 3.63) is 65.3 Å². The van der Waals surface area contributed by atoms with Crippen molar-refractivity contribution in [3.8, 4) is 5.75 Å². The number of urea groups is 1. The van der Waals surface area contributed by atoms with Gasteiger partial charge in [-0.05, 0) is 43.7 Å². The Morgan fingerprint density at radius 1 is 1.23 bits per heavy atom. The zero-order valence-corrected chi connectivity index (χ0v) is 14.6. The monoisotopic (exact) mass is 356 g/mol. The van der Waals surface area contributed by atoms with Crippen LogP contribution >= 0.6 is 0 Å². The average molecular weight is 356 g/mol. The third kappa shape index (κ3) is 3.88. The molecule has 2 heterocycles. The van der Waals surface area contributed by atoms with E-state index >= 15 is 0 Å². The smallest absolute Gasteiger partial charge is 0.338 e. The number of amides is 2. The van der Waals surface area contributed by atoms with E-state index in [0.717, 1.165) is 11.3 Å². The molecule has 0 saturated heterocycles. The summed E-state index contributed by atoms with van der Waals surface area (Å²) in [5, 5.41) is 5.38. The summed E-state index contributed by atoms with van der Waals surface area (Å²) >= 11 is 0. The van der Waals surface area contributed by atoms with Crippen LogP contribution in [0.15, 0.2) is 58.3 Å². The molecule has 0 unspecified atom stereocenters. The second-order valence-electron chi connectivity index (χ2n) is 5.73. The Morgan fingerprint density at radius 2 is 2.00 bits per heavy atom. The molecule has 2 amide bonds. The van der Waals surface area contributed by atoms with Crippen LogP contribution in [0.5, 0.6) is 5.75 Å². The molecule has 2 N–H and O–H groups in total. The van der Waals surface area contributed by atoms with Crippen LogP contribution in [-0.2, 0) is 16.1 Å². The molecule has 2 aromatic rings. The van der Waals surface area contributed by atoms with E-state index in [9.17, 15) is 9.59 Å². The number of furan rings is 1. The van der Waals surface area contributed by atoms with Crippen LogP contribution in [0.3, 0.4) is 0 Å². The summed E-state index contributed by atoms with van der Waals surface area (Å²) in [6.07, 6.45) is 1.51. The standard InChI is InChI=1S/C19H20N2O5/c1-3-24-14-8-6-13(7-9-14)17-16(12(2)20-19(23)21-17)18(22)26-11-15-5-4-10-25-15/h4-10,17H,3,11H2,1-2H3,(H2,20,21,23)/t17-/m1/s1. The Hall–Kier alpha value is -3.22. The lowest BCUT2D eigenvalue weighted by Gasteiger charge is -2.28. The van der Waals surface area contributed by atoms with Crippen molar-refractivity contribution in [2.24, 2.45) is 0 Å². The molecule has 0 radical (unpaired) electrons. The van der Waals surface area contributed by atoms with Gasteiger partial charge < -0.3 is 24.5 Å². The maximum atomic E-state index is 12.6. The van der Waals surface area contributed by atoms with Gasteiger partial charge in [0.2, 0.25) is 0 Å². The molecule has 1 aromatic heterocycles. The van der Waals surface area contributed by atoms with Gasteiger partial charge in [0.1, 0.15) is 18.1 Å². The first kappa shape index (κ1) is 17.6. The zero-order chi connectivity index (χ0) is 18.5. The van der Waals surface area contributed by atoms with Gasteiger partial charge in [0.05, 0.1) is 24.5 Å². The second-order valence-corrected chi connectivity index (χ2v) is 5.73. The van der Waals surface area contributed by atoms with Crippen molar-refractivity contribution in [3.63, 3.8) is 0 Å². The number of esters is 1. The molecular formula is C19H20N2O5. The molecule has 1 atom stereocenters. The summed E-state index contributed by atoms with van der Waals surface area (Å²) in [6.45, 7) is 4.16. The van der Waals surface area contributed by atoms with Crippen LogP contribution < -0.4 is 15.4 Å². The van der Waals surface area contributed by atoms with Crippen molar-refractivity contribution in [2.45, 2.75) is 26.5 Å². The molecular weight excluding hydrogens is 336 g/mol. The van der Waals surface area contributed by atoms with Gasteiger partial charge in [-0.1, -0.05) is 12.1 Å². The summed E-state index contributed by atoms with van der Waals surface area (Å²) in [5.74, 6) is 0.742. The fourth-order valence-corrected chi connectivity index (χ4v) is 2.75. The number of carbonyl (C=O) groups excluding carboxylic acids is 2. The highest BCUT2D eigenvalue weighted by atomic mass is 16.5. The number of benzene rings is 1. The predicted molar refractivity (Wildman–Crippen MR) is 93.2 cm³/mol. The van der Waals surface area contributed by atoms with Gasteiger partial charge in [0, 0.05) is 5.70 Å². The lowest BCUT2D eigenvalue weighted by atomic mass is 9.95. The van der Waals surface area contributed by atoms with Gasteiger partial charge in [0.15, 0.2) is 0 Å². The number of carbonyl (C=O) groups is 2. The largest absolute Gasteiger partial charge is 0.494 e. The summed E-state index contributed by atoms with van der Waals surface area (Å²) in [6, 6.07) is 9.69. The number of rotatable bonds is 6. The topological polar surface area (TPSA) is 89.8 Å². The maximum absolute atomic E-state index is 12.6. The highest BCUT2D eigenvalue weighted by Gasteiger charge is 2.32.